The quantitative estimate of drug-likeness (QED) is 0.861. The molecule has 0 atom stereocenters. The van der Waals surface area contributed by atoms with Crippen LogP contribution in [0.5, 0.6) is 0 Å². The molecule has 0 aromatic heterocycles. The highest BCUT2D eigenvalue weighted by Gasteiger charge is 2.54. The Bertz CT molecular complexity index is 426. The molecule has 18 heavy (non-hydrogen) atoms. The molecule has 2 saturated carbocycles. The van der Waals surface area contributed by atoms with Crippen LogP contribution < -0.4 is 5.73 Å². The van der Waals surface area contributed by atoms with Crippen molar-refractivity contribution < 1.29 is 0 Å². The lowest BCUT2D eigenvalue weighted by Gasteiger charge is -2.58. The number of rotatable bonds is 2. The first-order chi connectivity index (χ1) is 8.70. The molecule has 0 bridgehead atoms. The van der Waals surface area contributed by atoms with Crippen LogP contribution in [0.15, 0.2) is 28.7 Å². The lowest BCUT2D eigenvalue weighted by atomic mass is 9.47. The Labute approximate surface area is 118 Å². The third-order valence-electron chi connectivity index (χ3n) is 5.18. The topological polar surface area (TPSA) is 26.0 Å². The van der Waals surface area contributed by atoms with Gasteiger partial charge in [-0.3, -0.25) is 0 Å². The monoisotopic (exact) mass is 307 g/mol. The minimum absolute atomic E-state index is 0.247. The van der Waals surface area contributed by atoms with Gasteiger partial charge in [0.15, 0.2) is 0 Å². The van der Waals surface area contributed by atoms with Gasteiger partial charge in [-0.2, -0.15) is 0 Å². The van der Waals surface area contributed by atoms with Gasteiger partial charge in [-0.05, 0) is 42.7 Å². The Morgan fingerprint density at radius 2 is 1.72 bits per heavy atom. The van der Waals surface area contributed by atoms with Crippen LogP contribution in [0.4, 0.5) is 0 Å². The highest BCUT2D eigenvalue weighted by molar-refractivity contribution is 9.10. The molecule has 0 amide bonds. The third kappa shape index (κ3) is 1.94. The molecule has 2 N–H and O–H groups in total. The van der Waals surface area contributed by atoms with Crippen LogP contribution in [0.25, 0.3) is 0 Å². The maximum Gasteiger partial charge on any atom is 0.0213 e. The fraction of sp³-hybridized carbons (Fsp3) is 0.625. The van der Waals surface area contributed by atoms with Crippen LogP contribution in [-0.2, 0) is 5.41 Å². The van der Waals surface area contributed by atoms with Crippen LogP contribution in [0, 0.1) is 5.41 Å². The van der Waals surface area contributed by atoms with E-state index in [0.717, 1.165) is 6.54 Å². The second kappa shape index (κ2) is 4.64. The molecule has 0 unspecified atom stereocenters. The largest absolute Gasteiger partial charge is 0.330 e. The van der Waals surface area contributed by atoms with E-state index < -0.39 is 0 Å². The number of hydrogen-bond donors (Lipinski definition) is 1. The van der Waals surface area contributed by atoms with Crippen molar-refractivity contribution in [3.8, 4) is 0 Å². The van der Waals surface area contributed by atoms with E-state index in [1.165, 1.54) is 55.0 Å². The van der Waals surface area contributed by atoms with Crippen molar-refractivity contribution in [2.75, 3.05) is 6.54 Å². The van der Waals surface area contributed by atoms with E-state index in [9.17, 15) is 0 Å². The maximum atomic E-state index is 6.14. The van der Waals surface area contributed by atoms with Gasteiger partial charge < -0.3 is 5.73 Å². The third-order valence-corrected chi connectivity index (χ3v) is 5.87. The number of halogens is 1. The molecule has 2 aliphatic rings. The standard InChI is InChI=1S/C16H22BrN/c17-14-7-3-2-6-13(14)16(12-18)10-15(11-16)8-4-1-5-9-15/h2-3,6-7H,1,4-5,8-12,18H2. The van der Waals surface area contributed by atoms with E-state index in [1.807, 2.05) is 0 Å². The normalized spacial score (nSPS) is 24.8. The van der Waals surface area contributed by atoms with Gasteiger partial charge in [0.25, 0.3) is 0 Å². The zero-order chi connectivity index (χ0) is 12.6. The Hall–Kier alpha value is -0.340. The molecule has 0 aliphatic heterocycles. The molecule has 98 valence electrons. The summed E-state index contributed by atoms with van der Waals surface area (Å²) in [6.07, 6.45) is 9.76. The van der Waals surface area contributed by atoms with Gasteiger partial charge in [-0.1, -0.05) is 53.4 Å². The number of hydrogen-bond acceptors (Lipinski definition) is 1. The minimum Gasteiger partial charge on any atom is -0.330 e. The van der Waals surface area contributed by atoms with Gasteiger partial charge in [-0.25, -0.2) is 0 Å². The predicted octanol–water partition coefficient (Wildman–Crippen LogP) is 4.39. The average molecular weight is 308 g/mol. The maximum absolute atomic E-state index is 6.14. The van der Waals surface area contributed by atoms with Gasteiger partial charge in [-0.15, -0.1) is 0 Å². The Kier molecular flexibility index (Phi) is 3.27. The molecule has 0 radical (unpaired) electrons. The van der Waals surface area contributed by atoms with E-state index in [1.54, 1.807) is 0 Å². The van der Waals surface area contributed by atoms with Crippen molar-refractivity contribution in [1.29, 1.82) is 0 Å². The van der Waals surface area contributed by atoms with E-state index in [-0.39, 0.29) is 5.41 Å². The first kappa shape index (κ1) is 12.7. The van der Waals surface area contributed by atoms with Gasteiger partial charge >= 0.3 is 0 Å². The smallest absolute Gasteiger partial charge is 0.0213 e. The lowest BCUT2D eigenvalue weighted by molar-refractivity contribution is -0.00870. The molecular weight excluding hydrogens is 286 g/mol. The molecule has 0 heterocycles. The molecule has 1 nitrogen and oxygen atoms in total. The minimum atomic E-state index is 0.247. The number of nitrogens with two attached hydrogens (primary N) is 1. The van der Waals surface area contributed by atoms with Crippen LogP contribution in [0.2, 0.25) is 0 Å². The van der Waals surface area contributed by atoms with Gasteiger partial charge in [0.05, 0.1) is 0 Å². The van der Waals surface area contributed by atoms with Crippen molar-refractivity contribution in [2.45, 2.75) is 50.4 Å². The summed E-state index contributed by atoms with van der Waals surface area (Å²) in [7, 11) is 0. The van der Waals surface area contributed by atoms with Crippen molar-refractivity contribution in [3.05, 3.63) is 34.3 Å². The van der Waals surface area contributed by atoms with E-state index in [4.69, 9.17) is 5.73 Å². The summed E-state index contributed by atoms with van der Waals surface area (Å²) >= 11 is 3.70. The molecule has 0 saturated heterocycles. The molecule has 2 fully saturated rings. The second-order valence-corrected chi connectivity index (χ2v) is 7.23. The second-order valence-electron chi connectivity index (χ2n) is 6.38. The highest BCUT2D eigenvalue weighted by atomic mass is 79.9. The molecule has 1 aromatic carbocycles. The summed E-state index contributed by atoms with van der Waals surface area (Å²) in [4.78, 5) is 0. The average Bonchev–Trinajstić information content (AvgIpc) is 2.37. The predicted molar refractivity (Wildman–Crippen MR) is 79.6 cm³/mol. The van der Waals surface area contributed by atoms with Crippen LogP contribution >= 0.6 is 15.9 Å². The van der Waals surface area contributed by atoms with Crippen molar-refractivity contribution in [3.63, 3.8) is 0 Å². The summed E-state index contributed by atoms with van der Waals surface area (Å²) in [5.74, 6) is 0. The van der Waals surface area contributed by atoms with Crippen LogP contribution in [0.3, 0.4) is 0 Å². The Morgan fingerprint density at radius 1 is 1.06 bits per heavy atom. The van der Waals surface area contributed by atoms with Gasteiger partial charge in [0.2, 0.25) is 0 Å². The van der Waals surface area contributed by atoms with E-state index >= 15 is 0 Å². The fourth-order valence-corrected chi connectivity index (χ4v) is 5.08. The Balaban J connectivity index is 1.84. The molecule has 2 aliphatic carbocycles. The highest BCUT2D eigenvalue weighted by Crippen LogP contribution is 2.62. The summed E-state index contributed by atoms with van der Waals surface area (Å²) in [5.41, 5.74) is 8.45. The summed E-state index contributed by atoms with van der Waals surface area (Å²) < 4.78 is 1.24. The van der Waals surface area contributed by atoms with Crippen LogP contribution in [0.1, 0.15) is 50.5 Å². The first-order valence-electron chi connectivity index (χ1n) is 7.15. The SMILES string of the molecule is NCC1(c2ccccc2Br)CC2(CCCCC2)C1. The first-order valence-corrected chi connectivity index (χ1v) is 7.94. The van der Waals surface area contributed by atoms with Crippen molar-refractivity contribution in [2.24, 2.45) is 11.1 Å². The van der Waals surface area contributed by atoms with Gasteiger partial charge in [0.1, 0.15) is 0 Å². The van der Waals surface area contributed by atoms with E-state index in [2.05, 4.69) is 40.2 Å². The summed E-state index contributed by atoms with van der Waals surface area (Å²) in [6.45, 7) is 0.789. The summed E-state index contributed by atoms with van der Waals surface area (Å²) in [5, 5.41) is 0. The van der Waals surface area contributed by atoms with Crippen molar-refractivity contribution >= 4 is 15.9 Å². The summed E-state index contributed by atoms with van der Waals surface area (Å²) in [6, 6.07) is 8.64. The molecular formula is C16H22BrN. The zero-order valence-electron chi connectivity index (χ0n) is 10.9. The molecule has 1 spiro atoms. The van der Waals surface area contributed by atoms with Crippen molar-refractivity contribution in [1.82, 2.24) is 0 Å². The Morgan fingerprint density at radius 3 is 2.33 bits per heavy atom. The molecule has 3 rings (SSSR count). The van der Waals surface area contributed by atoms with Crippen LogP contribution in [-0.4, -0.2) is 6.54 Å². The van der Waals surface area contributed by atoms with E-state index in [0.29, 0.717) is 5.41 Å². The fourth-order valence-electron chi connectivity index (χ4n) is 4.38. The number of benzene rings is 1. The molecule has 2 heteroatoms. The lowest BCUT2D eigenvalue weighted by Crippen LogP contribution is -2.54. The zero-order valence-corrected chi connectivity index (χ0v) is 12.5. The molecule has 1 aromatic rings. The van der Waals surface area contributed by atoms with Gasteiger partial charge in [0, 0.05) is 16.4 Å².